The number of rotatable bonds is 3. The minimum Gasteiger partial charge on any atom is -0.164 e. The van der Waals surface area contributed by atoms with Gasteiger partial charge in [0.05, 0.1) is 6.54 Å². The molecule has 0 aromatic carbocycles. The average molecular weight is 154 g/mol. The van der Waals surface area contributed by atoms with Crippen LogP contribution >= 0.6 is 0 Å². The first-order valence-corrected chi connectivity index (χ1v) is 4.01. The van der Waals surface area contributed by atoms with Gasteiger partial charge in [-0.05, 0) is 11.6 Å². The van der Waals surface area contributed by atoms with Crippen LogP contribution in [0.2, 0.25) is 0 Å². The number of aromatic nitrogens is 4. The number of nitrogens with zero attached hydrogens (tertiary/aromatic N) is 4. The fourth-order valence-electron chi connectivity index (χ4n) is 0.781. The maximum Gasteiger partial charge on any atom is 0.177 e. The minimum absolute atomic E-state index is 0.376. The molecule has 0 fully saturated rings. The van der Waals surface area contributed by atoms with Gasteiger partial charge in [0, 0.05) is 5.92 Å². The summed E-state index contributed by atoms with van der Waals surface area (Å²) in [5.74, 6) is 1.21. The van der Waals surface area contributed by atoms with Gasteiger partial charge in [-0.15, -0.1) is 10.2 Å². The number of tetrazole rings is 1. The summed E-state index contributed by atoms with van der Waals surface area (Å²) in [6.07, 6.45) is 1.05. The third-order valence-corrected chi connectivity index (χ3v) is 1.41. The molecular formula is C7H14N4. The highest BCUT2D eigenvalue weighted by Gasteiger charge is 2.05. The van der Waals surface area contributed by atoms with Crippen molar-refractivity contribution < 1.29 is 0 Å². The van der Waals surface area contributed by atoms with Crippen molar-refractivity contribution in [1.82, 2.24) is 20.2 Å². The molecule has 0 atom stereocenters. The van der Waals surface area contributed by atoms with E-state index in [1.807, 2.05) is 0 Å². The number of hydrogen-bond donors (Lipinski definition) is 0. The Kier molecular flexibility index (Phi) is 2.57. The van der Waals surface area contributed by atoms with Crippen molar-refractivity contribution in [2.24, 2.45) is 0 Å². The van der Waals surface area contributed by atoms with E-state index >= 15 is 0 Å². The quantitative estimate of drug-likeness (QED) is 0.657. The predicted molar refractivity (Wildman–Crippen MR) is 42.2 cm³/mol. The molecule has 0 N–H and O–H groups in total. The molecule has 4 heteroatoms. The van der Waals surface area contributed by atoms with Crippen LogP contribution in [0.25, 0.3) is 0 Å². The Hall–Kier alpha value is -0.930. The summed E-state index contributed by atoms with van der Waals surface area (Å²) in [6, 6.07) is 0. The molecule has 0 unspecified atom stereocenters. The van der Waals surface area contributed by atoms with Crippen molar-refractivity contribution in [1.29, 1.82) is 0 Å². The van der Waals surface area contributed by atoms with Gasteiger partial charge in [0.1, 0.15) is 0 Å². The van der Waals surface area contributed by atoms with Crippen LogP contribution in [-0.4, -0.2) is 20.2 Å². The largest absolute Gasteiger partial charge is 0.177 e. The van der Waals surface area contributed by atoms with Crippen molar-refractivity contribution in [3.8, 4) is 0 Å². The van der Waals surface area contributed by atoms with E-state index in [1.165, 1.54) is 0 Å². The molecule has 1 heterocycles. The van der Waals surface area contributed by atoms with Crippen molar-refractivity contribution in [3.05, 3.63) is 5.82 Å². The molecule has 0 saturated carbocycles. The fraction of sp³-hybridized carbons (Fsp3) is 0.857. The lowest BCUT2D eigenvalue weighted by Gasteiger charge is -1.94. The van der Waals surface area contributed by atoms with Gasteiger partial charge in [0.2, 0.25) is 0 Å². The van der Waals surface area contributed by atoms with Crippen LogP contribution < -0.4 is 0 Å². The van der Waals surface area contributed by atoms with Gasteiger partial charge in [-0.2, -0.15) is 4.80 Å². The van der Waals surface area contributed by atoms with Gasteiger partial charge in [-0.25, -0.2) is 0 Å². The summed E-state index contributed by atoms with van der Waals surface area (Å²) < 4.78 is 0. The molecule has 1 rings (SSSR count). The second kappa shape index (κ2) is 3.46. The Labute approximate surface area is 66.6 Å². The van der Waals surface area contributed by atoms with Gasteiger partial charge < -0.3 is 0 Å². The molecule has 11 heavy (non-hydrogen) atoms. The molecule has 4 nitrogen and oxygen atoms in total. The van der Waals surface area contributed by atoms with Gasteiger partial charge >= 0.3 is 0 Å². The van der Waals surface area contributed by atoms with Crippen molar-refractivity contribution >= 4 is 0 Å². The third kappa shape index (κ3) is 2.00. The first kappa shape index (κ1) is 8.17. The van der Waals surface area contributed by atoms with Crippen LogP contribution in [0.15, 0.2) is 0 Å². The van der Waals surface area contributed by atoms with Crippen molar-refractivity contribution in [2.75, 3.05) is 0 Å². The van der Waals surface area contributed by atoms with E-state index in [0.29, 0.717) is 5.92 Å². The van der Waals surface area contributed by atoms with E-state index in [9.17, 15) is 0 Å². The molecule has 0 aliphatic rings. The molecular weight excluding hydrogens is 140 g/mol. The van der Waals surface area contributed by atoms with Crippen molar-refractivity contribution in [2.45, 2.75) is 39.7 Å². The lowest BCUT2D eigenvalue weighted by atomic mass is 10.2. The molecule has 1 aromatic rings. The van der Waals surface area contributed by atoms with Crippen LogP contribution in [-0.2, 0) is 6.54 Å². The van der Waals surface area contributed by atoms with E-state index in [1.54, 1.807) is 4.80 Å². The summed E-state index contributed by atoms with van der Waals surface area (Å²) in [5, 5.41) is 12.0. The SMILES string of the molecule is CCCn1nnc(C(C)C)n1. The summed E-state index contributed by atoms with van der Waals surface area (Å²) in [5.41, 5.74) is 0. The lowest BCUT2D eigenvalue weighted by Crippen LogP contribution is -2.01. The lowest BCUT2D eigenvalue weighted by molar-refractivity contribution is 0.511. The summed E-state index contributed by atoms with van der Waals surface area (Å²) in [6.45, 7) is 7.08. The van der Waals surface area contributed by atoms with Gasteiger partial charge in [0.15, 0.2) is 5.82 Å². The zero-order valence-electron chi connectivity index (χ0n) is 7.28. The monoisotopic (exact) mass is 154 g/mol. The van der Waals surface area contributed by atoms with Crippen LogP contribution in [0.3, 0.4) is 0 Å². The summed E-state index contributed by atoms with van der Waals surface area (Å²) in [4.78, 5) is 1.65. The molecule has 0 aliphatic carbocycles. The smallest absolute Gasteiger partial charge is 0.164 e. The van der Waals surface area contributed by atoms with Crippen LogP contribution in [0.4, 0.5) is 0 Å². The maximum absolute atomic E-state index is 4.19. The van der Waals surface area contributed by atoms with Crippen LogP contribution in [0.1, 0.15) is 38.9 Å². The summed E-state index contributed by atoms with van der Waals surface area (Å²) in [7, 11) is 0. The van der Waals surface area contributed by atoms with E-state index in [0.717, 1.165) is 18.8 Å². The standard InChI is InChI=1S/C7H14N4/c1-4-5-11-9-7(6(2)3)8-10-11/h6H,4-5H2,1-3H3. The maximum atomic E-state index is 4.19. The second-order valence-electron chi connectivity index (χ2n) is 2.90. The number of hydrogen-bond acceptors (Lipinski definition) is 3. The fourth-order valence-corrected chi connectivity index (χ4v) is 0.781. The second-order valence-corrected chi connectivity index (χ2v) is 2.90. The molecule has 0 aliphatic heterocycles. The topological polar surface area (TPSA) is 43.6 Å². The zero-order valence-corrected chi connectivity index (χ0v) is 7.28. The van der Waals surface area contributed by atoms with Gasteiger partial charge in [-0.1, -0.05) is 20.8 Å². The Morgan fingerprint density at radius 1 is 1.45 bits per heavy atom. The molecule has 62 valence electrons. The average Bonchev–Trinajstić information content (AvgIpc) is 2.37. The van der Waals surface area contributed by atoms with Crippen LogP contribution in [0.5, 0.6) is 0 Å². The zero-order chi connectivity index (χ0) is 8.27. The van der Waals surface area contributed by atoms with Crippen LogP contribution in [0, 0.1) is 0 Å². The normalized spacial score (nSPS) is 10.9. The Balaban J connectivity index is 2.66. The van der Waals surface area contributed by atoms with E-state index in [4.69, 9.17) is 0 Å². The first-order valence-electron chi connectivity index (χ1n) is 4.01. The Morgan fingerprint density at radius 3 is 2.64 bits per heavy atom. The third-order valence-electron chi connectivity index (χ3n) is 1.41. The molecule has 1 aromatic heterocycles. The van der Waals surface area contributed by atoms with Crippen molar-refractivity contribution in [3.63, 3.8) is 0 Å². The number of aryl methyl sites for hydroxylation is 1. The predicted octanol–water partition coefficient (Wildman–Crippen LogP) is 1.21. The highest BCUT2D eigenvalue weighted by molar-refractivity contribution is 4.84. The van der Waals surface area contributed by atoms with Gasteiger partial charge in [0.25, 0.3) is 0 Å². The highest BCUT2D eigenvalue weighted by Crippen LogP contribution is 2.05. The Bertz CT molecular complexity index is 216. The highest BCUT2D eigenvalue weighted by atomic mass is 15.6. The summed E-state index contributed by atoms with van der Waals surface area (Å²) >= 11 is 0. The molecule has 0 amide bonds. The molecule has 0 bridgehead atoms. The Morgan fingerprint density at radius 2 is 2.18 bits per heavy atom. The van der Waals surface area contributed by atoms with Gasteiger partial charge in [-0.3, -0.25) is 0 Å². The molecule has 0 spiro atoms. The van der Waals surface area contributed by atoms with E-state index < -0.39 is 0 Å². The molecule has 0 radical (unpaired) electrons. The minimum atomic E-state index is 0.376. The van der Waals surface area contributed by atoms with E-state index in [2.05, 4.69) is 36.2 Å². The first-order chi connectivity index (χ1) is 5.24. The van der Waals surface area contributed by atoms with E-state index in [-0.39, 0.29) is 0 Å². The molecule has 0 saturated heterocycles.